The van der Waals surface area contributed by atoms with Gasteiger partial charge < -0.3 is 10.0 Å². The van der Waals surface area contributed by atoms with Gasteiger partial charge in [-0.2, -0.15) is 0 Å². The van der Waals surface area contributed by atoms with Gasteiger partial charge in [-0.1, -0.05) is 38.3 Å². The molecule has 1 aromatic carbocycles. The summed E-state index contributed by atoms with van der Waals surface area (Å²) in [5.74, 6) is 1.01. The third kappa shape index (κ3) is 3.74. The first-order chi connectivity index (χ1) is 8.79. The standard InChI is InChI=1S/C16H25NO/c1-2-3-4-5-10-17-11-9-15(13-17)14-7-6-8-16(18)12-14/h6-8,12,15,18H,2-5,9-11,13H2,1H3. The van der Waals surface area contributed by atoms with Gasteiger partial charge in [0.1, 0.15) is 5.75 Å². The fourth-order valence-electron chi connectivity index (χ4n) is 2.85. The lowest BCUT2D eigenvalue weighted by atomic mass is 9.98. The van der Waals surface area contributed by atoms with Crippen molar-refractivity contribution in [2.75, 3.05) is 19.6 Å². The van der Waals surface area contributed by atoms with Crippen molar-refractivity contribution in [2.45, 2.75) is 44.9 Å². The highest BCUT2D eigenvalue weighted by Crippen LogP contribution is 2.29. The van der Waals surface area contributed by atoms with Gasteiger partial charge in [0.15, 0.2) is 0 Å². The van der Waals surface area contributed by atoms with E-state index in [9.17, 15) is 5.11 Å². The number of nitrogens with zero attached hydrogens (tertiary/aromatic N) is 1. The van der Waals surface area contributed by atoms with Crippen molar-refractivity contribution in [3.8, 4) is 5.75 Å². The summed E-state index contributed by atoms with van der Waals surface area (Å²) in [5, 5.41) is 9.53. The first kappa shape index (κ1) is 13.4. The molecule has 1 aromatic rings. The number of likely N-dealkylation sites (tertiary alicyclic amines) is 1. The van der Waals surface area contributed by atoms with Gasteiger partial charge in [-0.15, -0.1) is 0 Å². The number of rotatable bonds is 6. The van der Waals surface area contributed by atoms with Crippen molar-refractivity contribution in [3.63, 3.8) is 0 Å². The predicted octanol–water partition coefficient (Wildman–Crippen LogP) is 3.76. The van der Waals surface area contributed by atoms with Crippen LogP contribution in [-0.2, 0) is 0 Å². The lowest BCUT2D eigenvalue weighted by molar-refractivity contribution is 0.324. The quantitative estimate of drug-likeness (QED) is 0.774. The maximum Gasteiger partial charge on any atom is 0.115 e. The first-order valence-corrected chi connectivity index (χ1v) is 7.31. The molecule has 1 saturated heterocycles. The summed E-state index contributed by atoms with van der Waals surface area (Å²) in [6.45, 7) is 5.88. The number of aromatic hydroxyl groups is 1. The molecule has 1 N–H and O–H groups in total. The number of unbranched alkanes of at least 4 members (excludes halogenated alkanes) is 3. The monoisotopic (exact) mass is 247 g/mol. The Bertz CT molecular complexity index is 364. The molecule has 2 nitrogen and oxygen atoms in total. The summed E-state index contributed by atoms with van der Waals surface area (Å²) in [5.41, 5.74) is 1.30. The maximum atomic E-state index is 9.53. The Hall–Kier alpha value is -1.02. The molecule has 18 heavy (non-hydrogen) atoms. The highest BCUT2D eigenvalue weighted by molar-refractivity contribution is 5.30. The smallest absolute Gasteiger partial charge is 0.115 e. The minimum atomic E-state index is 0.397. The van der Waals surface area contributed by atoms with E-state index in [4.69, 9.17) is 0 Å². The van der Waals surface area contributed by atoms with Crippen LogP contribution in [0.1, 0.15) is 50.5 Å². The van der Waals surface area contributed by atoms with Crippen LogP contribution in [0.5, 0.6) is 5.75 Å². The van der Waals surface area contributed by atoms with E-state index in [0.29, 0.717) is 11.7 Å². The minimum Gasteiger partial charge on any atom is -0.508 e. The largest absolute Gasteiger partial charge is 0.508 e. The zero-order valence-corrected chi connectivity index (χ0v) is 11.4. The van der Waals surface area contributed by atoms with Crippen molar-refractivity contribution >= 4 is 0 Å². The van der Waals surface area contributed by atoms with Crippen molar-refractivity contribution in [1.29, 1.82) is 0 Å². The molecular formula is C16H25NO. The molecule has 0 saturated carbocycles. The summed E-state index contributed by atoms with van der Waals surface area (Å²) in [7, 11) is 0. The van der Waals surface area contributed by atoms with Crippen LogP contribution in [0.15, 0.2) is 24.3 Å². The molecule has 0 radical (unpaired) electrons. The van der Waals surface area contributed by atoms with Crippen LogP contribution >= 0.6 is 0 Å². The molecule has 1 heterocycles. The van der Waals surface area contributed by atoms with E-state index in [1.165, 1.54) is 50.8 Å². The van der Waals surface area contributed by atoms with Gasteiger partial charge in [0, 0.05) is 6.54 Å². The second-order valence-corrected chi connectivity index (χ2v) is 5.44. The Morgan fingerprint density at radius 2 is 2.17 bits per heavy atom. The van der Waals surface area contributed by atoms with Crippen LogP contribution in [0.4, 0.5) is 0 Å². The summed E-state index contributed by atoms with van der Waals surface area (Å²) in [6, 6.07) is 7.77. The lowest BCUT2D eigenvalue weighted by Crippen LogP contribution is -2.21. The van der Waals surface area contributed by atoms with E-state index in [2.05, 4.69) is 17.9 Å². The summed E-state index contributed by atoms with van der Waals surface area (Å²) < 4.78 is 0. The lowest BCUT2D eigenvalue weighted by Gasteiger charge is -2.16. The van der Waals surface area contributed by atoms with Gasteiger partial charge in [-0.25, -0.2) is 0 Å². The number of benzene rings is 1. The summed E-state index contributed by atoms with van der Waals surface area (Å²) in [4.78, 5) is 2.57. The molecule has 1 aliphatic rings. The Morgan fingerprint density at radius 3 is 2.94 bits per heavy atom. The van der Waals surface area contributed by atoms with Gasteiger partial charge in [0.25, 0.3) is 0 Å². The SMILES string of the molecule is CCCCCCN1CCC(c2cccc(O)c2)C1. The highest BCUT2D eigenvalue weighted by Gasteiger charge is 2.23. The Labute approximate surface area is 111 Å². The van der Waals surface area contributed by atoms with Crippen molar-refractivity contribution in [1.82, 2.24) is 4.90 Å². The van der Waals surface area contributed by atoms with Crippen LogP contribution < -0.4 is 0 Å². The molecule has 0 amide bonds. The Kier molecular flexibility index (Phi) is 5.06. The van der Waals surface area contributed by atoms with Crippen LogP contribution in [0.25, 0.3) is 0 Å². The molecule has 0 spiro atoms. The van der Waals surface area contributed by atoms with Crippen LogP contribution in [0, 0.1) is 0 Å². The molecule has 1 unspecified atom stereocenters. The first-order valence-electron chi connectivity index (χ1n) is 7.31. The van der Waals surface area contributed by atoms with Gasteiger partial charge in [0.2, 0.25) is 0 Å². The second kappa shape index (κ2) is 6.79. The fraction of sp³-hybridized carbons (Fsp3) is 0.625. The molecule has 1 atom stereocenters. The van der Waals surface area contributed by atoms with E-state index in [1.807, 2.05) is 12.1 Å². The Morgan fingerprint density at radius 1 is 1.28 bits per heavy atom. The van der Waals surface area contributed by atoms with E-state index in [0.717, 1.165) is 6.54 Å². The third-order valence-corrected chi connectivity index (χ3v) is 3.94. The van der Waals surface area contributed by atoms with Crippen molar-refractivity contribution in [3.05, 3.63) is 29.8 Å². The number of hydrogen-bond acceptors (Lipinski definition) is 2. The van der Waals surface area contributed by atoms with Crippen molar-refractivity contribution in [2.24, 2.45) is 0 Å². The molecule has 1 aliphatic heterocycles. The minimum absolute atomic E-state index is 0.397. The van der Waals surface area contributed by atoms with Crippen molar-refractivity contribution < 1.29 is 5.11 Å². The van der Waals surface area contributed by atoms with Crippen LogP contribution in [0.2, 0.25) is 0 Å². The molecule has 0 bridgehead atoms. The molecular weight excluding hydrogens is 222 g/mol. The maximum absolute atomic E-state index is 9.53. The number of hydrogen-bond donors (Lipinski definition) is 1. The van der Waals surface area contributed by atoms with Gasteiger partial charge in [-0.05, 0) is 49.5 Å². The zero-order chi connectivity index (χ0) is 12.8. The molecule has 2 rings (SSSR count). The van der Waals surface area contributed by atoms with Gasteiger partial charge >= 0.3 is 0 Å². The topological polar surface area (TPSA) is 23.5 Å². The zero-order valence-electron chi connectivity index (χ0n) is 11.4. The molecule has 0 aromatic heterocycles. The van der Waals surface area contributed by atoms with E-state index < -0.39 is 0 Å². The van der Waals surface area contributed by atoms with Crippen LogP contribution in [-0.4, -0.2) is 29.6 Å². The molecule has 1 fully saturated rings. The molecule has 0 aliphatic carbocycles. The average molecular weight is 247 g/mol. The van der Waals surface area contributed by atoms with Gasteiger partial charge in [0.05, 0.1) is 0 Å². The number of phenolic OH excluding ortho intramolecular Hbond substituents is 1. The van der Waals surface area contributed by atoms with Gasteiger partial charge in [-0.3, -0.25) is 0 Å². The predicted molar refractivity (Wildman–Crippen MR) is 76.0 cm³/mol. The normalized spacial score (nSPS) is 20.4. The molecule has 100 valence electrons. The summed E-state index contributed by atoms with van der Waals surface area (Å²) in [6.07, 6.45) is 6.61. The van der Waals surface area contributed by atoms with E-state index in [1.54, 1.807) is 6.07 Å². The van der Waals surface area contributed by atoms with Crippen LogP contribution in [0.3, 0.4) is 0 Å². The molecule has 2 heteroatoms. The van der Waals surface area contributed by atoms with E-state index in [-0.39, 0.29) is 0 Å². The fourth-order valence-corrected chi connectivity index (χ4v) is 2.85. The number of phenols is 1. The summed E-state index contributed by atoms with van der Waals surface area (Å²) >= 11 is 0. The Balaban J connectivity index is 1.78. The second-order valence-electron chi connectivity index (χ2n) is 5.44. The third-order valence-electron chi connectivity index (χ3n) is 3.94. The average Bonchev–Trinajstić information content (AvgIpc) is 2.83. The highest BCUT2D eigenvalue weighted by atomic mass is 16.3. The van der Waals surface area contributed by atoms with E-state index >= 15 is 0 Å².